The summed E-state index contributed by atoms with van der Waals surface area (Å²) in [6.07, 6.45) is 11.1. The van der Waals surface area contributed by atoms with Crippen LogP contribution in [0.15, 0.2) is 24.5 Å². The number of rotatable bonds is 3. The van der Waals surface area contributed by atoms with Crippen LogP contribution in [0.4, 0.5) is 5.95 Å². The van der Waals surface area contributed by atoms with Gasteiger partial charge in [-0.15, -0.1) is 10.2 Å². The van der Waals surface area contributed by atoms with Crippen LogP contribution in [-0.4, -0.2) is 48.0 Å². The zero-order chi connectivity index (χ0) is 17.8. The minimum atomic E-state index is 0.611. The van der Waals surface area contributed by atoms with E-state index < -0.39 is 0 Å². The molecule has 1 aliphatic rings. The summed E-state index contributed by atoms with van der Waals surface area (Å²) in [7, 11) is 1.99. The van der Waals surface area contributed by atoms with Crippen molar-refractivity contribution in [3.8, 4) is 23.0 Å². The lowest BCUT2D eigenvalue weighted by Gasteiger charge is -2.22. The predicted octanol–water partition coefficient (Wildman–Crippen LogP) is 2.82. The molecule has 0 aliphatic carbocycles. The molecule has 3 aromatic heterocycles. The molecule has 4 heterocycles. The molecule has 1 fully saturated rings. The number of hydrogen-bond donors (Lipinski definition) is 1. The summed E-state index contributed by atoms with van der Waals surface area (Å²) in [5, 5.41) is 16.1. The second kappa shape index (κ2) is 7.63. The molecule has 26 heavy (non-hydrogen) atoms. The Morgan fingerprint density at radius 2 is 1.77 bits per heavy atom. The normalized spacial score (nSPS) is 16.1. The number of hydrogen-bond acceptors (Lipinski definition) is 6. The second-order valence-corrected chi connectivity index (χ2v) is 6.74. The van der Waals surface area contributed by atoms with Crippen molar-refractivity contribution in [2.24, 2.45) is 7.05 Å². The van der Waals surface area contributed by atoms with E-state index in [0.29, 0.717) is 17.5 Å². The van der Waals surface area contributed by atoms with E-state index in [2.05, 4.69) is 35.3 Å². The summed E-state index contributed by atoms with van der Waals surface area (Å²) in [6.45, 7) is 2.06. The summed E-state index contributed by atoms with van der Waals surface area (Å²) in [4.78, 5) is 11.0. The van der Waals surface area contributed by atoms with Crippen LogP contribution in [0.2, 0.25) is 0 Å². The Kier molecular flexibility index (Phi) is 4.90. The third-order valence-electron chi connectivity index (χ3n) is 4.86. The molecule has 1 aliphatic heterocycles. The zero-order valence-electron chi connectivity index (χ0n) is 15.1. The lowest BCUT2D eigenvalue weighted by atomic mass is 10.1. The lowest BCUT2D eigenvalue weighted by Crippen LogP contribution is -2.28. The highest BCUT2D eigenvalue weighted by Crippen LogP contribution is 2.22. The molecule has 0 unspecified atom stereocenters. The Hall–Kier alpha value is -2.77. The Balaban J connectivity index is 1.58. The molecule has 136 valence electrons. The van der Waals surface area contributed by atoms with Gasteiger partial charge in [0.25, 0.3) is 0 Å². The van der Waals surface area contributed by atoms with E-state index in [1.807, 2.05) is 23.7 Å². The van der Waals surface area contributed by atoms with Crippen LogP contribution >= 0.6 is 0 Å². The van der Waals surface area contributed by atoms with Crippen LogP contribution < -0.4 is 4.90 Å². The SMILES string of the molecule is Cn1c(-c2nc(-c3cccnc3)n[nH]2)nnc1N1CCCCCCCC1. The number of nitrogens with one attached hydrogen (secondary N) is 1. The maximum atomic E-state index is 4.57. The largest absolute Gasteiger partial charge is 0.341 e. The molecule has 8 nitrogen and oxygen atoms in total. The monoisotopic (exact) mass is 352 g/mol. The molecular weight excluding hydrogens is 328 g/mol. The fraction of sp³-hybridized carbons (Fsp3) is 0.500. The first kappa shape index (κ1) is 16.7. The van der Waals surface area contributed by atoms with Gasteiger partial charge in [0.2, 0.25) is 11.8 Å². The molecular formula is C18H24N8. The third kappa shape index (κ3) is 3.44. The van der Waals surface area contributed by atoms with Crippen molar-refractivity contribution >= 4 is 5.95 Å². The number of aromatic nitrogens is 7. The van der Waals surface area contributed by atoms with Gasteiger partial charge in [0.15, 0.2) is 11.6 Å². The molecule has 8 heteroatoms. The standard InChI is InChI=1S/C18H24N8/c1-25-17(16-20-15(21-22-16)14-9-8-10-19-13-14)23-24-18(25)26-11-6-4-2-3-5-7-12-26/h8-10,13H,2-7,11-12H2,1H3,(H,20,21,22). The molecule has 0 bridgehead atoms. The van der Waals surface area contributed by atoms with Crippen LogP contribution in [-0.2, 0) is 7.05 Å². The highest BCUT2D eigenvalue weighted by molar-refractivity contribution is 5.57. The molecule has 0 atom stereocenters. The summed E-state index contributed by atoms with van der Waals surface area (Å²) in [6, 6.07) is 3.81. The maximum Gasteiger partial charge on any atom is 0.227 e. The van der Waals surface area contributed by atoms with Crippen LogP contribution in [0.1, 0.15) is 38.5 Å². The Labute approximate surface area is 152 Å². The van der Waals surface area contributed by atoms with Crippen molar-refractivity contribution in [3.63, 3.8) is 0 Å². The lowest BCUT2D eigenvalue weighted by molar-refractivity contribution is 0.636. The number of nitrogens with zero attached hydrogens (tertiary/aromatic N) is 7. The van der Waals surface area contributed by atoms with Crippen LogP contribution in [0.3, 0.4) is 0 Å². The first-order valence-corrected chi connectivity index (χ1v) is 9.30. The first-order chi connectivity index (χ1) is 12.8. The second-order valence-electron chi connectivity index (χ2n) is 6.74. The van der Waals surface area contributed by atoms with Gasteiger partial charge in [-0.3, -0.25) is 14.6 Å². The summed E-state index contributed by atoms with van der Waals surface area (Å²) >= 11 is 0. The Bertz CT molecular complexity index is 828. The quantitative estimate of drug-likeness (QED) is 0.780. The van der Waals surface area contributed by atoms with Gasteiger partial charge in [0.05, 0.1) is 0 Å². The summed E-state index contributed by atoms with van der Waals surface area (Å²) in [5.74, 6) is 2.83. The van der Waals surface area contributed by atoms with E-state index >= 15 is 0 Å². The molecule has 0 spiro atoms. The molecule has 0 saturated carbocycles. The summed E-state index contributed by atoms with van der Waals surface area (Å²) < 4.78 is 2.01. The van der Waals surface area contributed by atoms with Gasteiger partial charge >= 0.3 is 0 Å². The number of anilines is 1. The van der Waals surface area contributed by atoms with E-state index in [1.165, 1.54) is 38.5 Å². The van der Waals surface area contributed by atoms with Gasteiger partial charge in [-0.05, 0) is 25.0 Å². The van der Waals surface area contributed by atoms with Gasteiger partial charge in [0.1, 0.15) is 0 Å². The molecule has 0 amide bonds. The van der Waals surface area contributed by atoms with Gasteiger partial charge < -0.3 is 4.90 Å². The molecule has 4 rings (SSSR count). The van der Waals surface area contributed by atoms with Crippen LogP contribution in [0, 0.1) is 0 Å². The highest BCUT2D eigenvalue weighted by Gasteiger charge is 2.19. The summed E-state index contributed by atoms with van der Waals surface area (Å²) in [5.41, 5.74) is 0.873. The molecule has 0 aromatic carbocycles. The van der Waals surface area contributed by atoms with E-state index in [4.69, 9.17) is 0 Å². The minimum absolute atomic E-state index is 0.611. The van der Waals surface area contributed by atoms with Gasteiger partial charge in [-0.2, -0.15) is 5.10 Å². The fourth-order valence-corrected chi connectivity index (χ4v) is 3.41. The molecule has 1 N–H and O–H groups in total. The maximum absolute atomic E-state index is 4.57. The first-order valence-electron chi connectivity index (χ1n) is 9.30. The smallest absolute Gasteiger partial charge is 0.227 e. The van der Waals surface area contributed by atoms with Crippen LogP contribution in [0.25, 0.3) is 23.0 Å². The predicted molar refractivity (Wildman–Crippen MR) is 99.5 cm³/mol. The Morgan fingerprint density at radius 3 is 2.50 bits per heavy atom. The van der Waals surface area contributed by atoms with Crippen molar-refractivity contribution in [1.29, 1.82) is 0 Å². The van der Waals surface area contributed by atoms with Crippen molar-refractivity contribution in [2.45, 2.75) is 38.5 Å². The Morgan fingerprint density at radius 1 is 1.00 bits per heavy atom. The van der Waals surface area contributed by atoms with Crippen molar-refractivity contribution < 1.29 is 0 Å². The average molecular weight is 352 g/mol. The van der Waals surface area contributed by atoms with Gasteiger partial charge in [-0.1, -0.05) is 25.7 Å². The average Bonchev–Trinajstić information content (AvgIpc) is 3.31. The van der Waals surface area contributed by atoms with E-state index in [9.17, 15) is 0 Å². The van der Waals surface area contributed by atoms with Crippen molar-refractivity contribution in [2.75, 3.05) is 18.0 Å². The third-order valence-corrected chi connectivity index (χ3v) is 4.86. The fourth-order valence-electron chi connectivity index (χ4n) is 3.41. The van der Waals surface area contributed by atoms with Gasteiger partial charge in [0, 0.05) is 38.1 Å². The van der Waals surface area contributed by atoms with Crippen LogP contribution in [0.5, 0.6) is 0 Å². The molecule has 3 aromatic rings. The number of aromatic amines is 1. The van der Waals surface area contributed by atoms with Crippen molar-refractivity contribution in [3.05, 3.63) is 24.5 Å². The van der Waals surface area contributed by atoms with E-state index in [-0.39, 0.29) is 0 Å². The highest BCUT2D eigenvalue weighted by atomic mass is 15.4. The molecule has 0 radical (unpaired) electrons. The topological polar surface area (TPSA) is 88.4 Å². The minimum Gasteiger partial charge on any atom is -0.341 e. The van der Waals surface area contributed by atoms with E-state index in [1.54, 1.807) is 12.4 Å². The number of H-pyrrole nitrogens is 1. The van der Waals surface area contributed by atoms with Crippen molar-refractivity contribution in [1.82, 2.24) is 34.9 Å². The zero-order valence-corrected chi connectivity index (χ0v) is 15.1. The number of pyridine rings is 1. The van der Waals surface area contributed by atoms with E-state index in [0.717, 1.165) is 24.6 Å². The van der Waals surface area contributed by atoms with Gasteiger partial charge in [-0.25, -0.2) is 4.98 Å². The molecule has 1 saturated heterocycles.